The van der Waals surface area contributed by atoms with Gasteiger partial charge >= 0.3 is 11.9 Å². The molecule has 0 aromatic rings. The molecule has 0 bridgehead atoms. The van der Waals surface area contributed by atoms with Crippen LogP contribution in [0.4, 0.5) is 0 Å². The van der Waals surface area contributed by atoms with Crippen LogP contribution in [0.2, 0.25) is 0 Å². The Kier molecular flexibility index (Phi) is 6.70. The summed E-state index contributed by atoms with van der Waals surface area (Å²) in [5, 5.41) is 19.6. The highest BCUT2D eigenvalue weighted by Crippen LogP contribution is 2.69. The minimum absolute atomic E-state index is 0.0682. The van der Waals surface area contributed by atoms with Crippen LogP contribution in [0, 0.1) is 46.3 Å². The minimum atomic E-state index is -0.722. The monoisotopic (exact) mass is 448 g/mol. The number of hydrogen-bond donors (Lipinski definition) is 2. The summed E-state index contributed by atoms with van der Waals surface area (Å²) in [5.41, 5.74) is 0.161. The molecule has 4 fully saturated rings. The van der Waals surface area contributed by atoms with E-state index in [2.05, 4.69) is 20.8 Å². The molecular formula is C27H44O5. The number of rotatable bonds is 6. The summed E-state index contributed by atoms with van der Waals surface area (Å²) in [4.78, 5) is 23.8. The van der Waals surface area contributed by atoms with Crippen LogP contribution in [0.25, 0.3) is 0 Å². The first-order valence-electron chi connectivity index (χ1n) is 13.2. The number of aliphatic hydroxyl groups is 1. The molecule has 0 spiro atoms. The quantitative estimate of drug-likeness (QED) is 0.529. The van der Waals surface area contributed by atoms with Gasteiger partial charge in [0, 0.05) is 18.3 Å². The fraction of sp³-hybridized carbons (Fsp3) is 0.926. The second-order valence-electron chi connectivity index (χ2n) is 12.1. The fourth-order valence-corrected chi connectivity index (χ4v) is 9.10. The van der Waals surface area contributed by atoms with Crippen molar-refractivity contribution in [2.45, 2.75) is 111 Å². The highest BCUT2D eigenvalue weighted by atomic mass is 16.5. The van der Waals surface area contributed by atoms with Crippen molar-refractivity contribution in [3.63, 3.8) is 0 Å². The van der Waals surface area contributed by atoms with Crippen molar-refractivity contribution in [2.75, 3.05) is 0 Å². The Balaban J connectivity index is 1.65. The third-order valence-corrected chi connectivity index (χ3v) is 10.8. The van der Waals surface area contributed by atoms with Gasteiger partial charge in [-0.05, 0) is 98.7 Å². The van der Waals surface area contributed by atoms with E-state index in [0.717, 1.165) is 32.1 Å². The molecule has 4 saturated carbocycles. The predicted octanol–water partition coefficient (Wildman–Crippen LogP) is 5.44. The van der Waals surface area contributed by atoms with Crippen molar-refractivity contribution in [3.05, 3.63) is 0 Å². The topological polar surface area (TPSA) is 83.8 Å². The number of fused-ring (bicyclic) bond motifs is 5. The lowest BCUT2D eigenvalue weighted by Crippen LogP contribution is -2.59. The summed E-state index contributed by atoms with van der Waals surface area (Å²) in [6.45, 7) is 8.92. The van der Waals surface area contributed by atoms with Crippen molar-refractivity contribution in [1.29, 1.82) is 0 Å². The molecule has 0 aliphatic heterocycles. The largest absolute Gasteiger partial charge is 0.481 e. The van der Waals surface area contributed by atoms with Crippen LogP contribution in [-0.4, -0.2) is 34.4 Å². The van der Waals surface area contributed by atoms with Crippen molar-refractivity contribution < 1.29 is 24.5 Å². The van der Waals surface area contributed by atoms with Crippen molar-refractivity contribution in [1.82, 2.24) is 0 Å². The van der Waals surface area contributed by atoms with Gasteiger partial charge in [-0.1, -0.05) is 27.7 Å². The number of carboxylic acids is 1. The molecule has 0 heterocycles. The van der Waals surface area contributed by atoms with Crippen LogP contribution in [-0.2, 0) is 14.3 Å². The Morgan fingerprint density at radius 2 is 1.81 bits per heavy atom. The molecule has 0 aromatic carbocycles. The number of carboxylic acid groups (broad SMARTS) is 1. The number of aliphatic carboxylic acids is 1. The first kappa shape index (κ1) is 24.0. The van der Waals surface area contributed by atoms with Crippen molar-refractivity contribution in [3.8, 4) is 0 Å². The smallest absolute Gasteiger partial charge is 0.305 e. The van der Waals surface area contributed by atoms with E-state index in [1.54, 1.807) is 0 Å². The van der Waals surface area contributed by atoms with E-state index < -0.39 is 5.97 Å². The van der Waals surface area contributed by atoms with E-state index in [1.807, 2.05) is 6.92 Å². The molecule has 2 N–H and O–H groups in total. The lowest BCUT2D eigenvalue weighted by molar-refractivity contribution is -0.197. The van der Waals surface area contributed by atoms with Crippen LogP contribution < -0.4 is 0 Å². The average Bonchev–Trinajstić information content (AvgIpc) is 3.11. The summed E-state index contributed by atoms with van der Waals surface area (Å²) in [6, 6.07) is 0. The van der Waals surface area contributed by atoms with Gasteiger partial charge in [0.05, 0.1) is 6.10 Å². The predicted molar refractivity (Wildman–Crippen MR) is 123 cm³/mol. The Bertz CT molecular complexity index is 721. The second-order valence-corrected chi connectivity index (χ2v) is 12.1. The van der Waals surface area contributed by atoms with E-state index in [4.69, 9.17) is 4.74 Å². The number of ether oxygens (including phenoxy) is 1. The van der Waals surface area contributed by atoms with Gasteiger partial charge in [0.15, 0.2) is 0 Å². The van der Waals surface area contributed by atoms with Gasteiger partial charge < -0.3 is 14.9 Å². The van der Waals surface area contributed by atoms with E-state index in [0.29, 0.717) is 48.3 Å². The summed E-state index contributed by atoms with van der Waals surface area (Å²) in [7, 11) is 0. The van der Waals surface area contributed by atoms with Gasteiger partial charge in [-0.25, -0.2) is 0 Å². The summed E-state index contributed by atoms with van der Waals surface area (Å²) >= 11 is 0. The van der Waals surface area contributed by atoms with Gasteiger partial charge in [0.2, 0.25) is 0 Å². The zero-order valence-corrected chi connectivity index (χ0v) is 20.5. The van der Waals surface area contributed by atoms with E-state index >= 15 is 0 Å². The summed E-state index contributed by atoms with van der Waals surface area (Å²) < 4.78 is 6.25. The molecule has 0 radical (unpaired) electrons. The standard InChI is InChI=1S/C27H44O5/c1-5-25(31)32-23-15-22-19(8-7-17-14-18(28)12-13-26(17,22)3)21-10-9-20(27(21,23)4)16(2)6-11-24(29)30/h16-23,28H,5-15H2,1-4H3,(H,29,30)/t16-,17-,18-,19+,20-,21+,22+,23+,26+,27-/m1/s1. The van der Waals surface area contributed by atoms with Crippen LogP contribution >= 0.6 is 0 Å². The van der Waals surface area contributed by atoms with Crippen LogP contribution in [0.1, 0.15) is 98.3 Å². The molecule has 4 rings (SSSR count). The molecule has 5 nitrogen and oxygen atoms in total. The Morgan fingerprint density at radius 1 is 1.06 bits per heavy atom. The molecule has 5 heteroatoms. The second kappa shape index (κ2) is 8.92. The molecule has 0 amide bonds. The molecule has 0 aromatic heterocycles. The minimum Gasteiger partial charge on any atom is -0.481 e. The molecule has 4 aliphatic rings. The van der Waals surface area contributed by atoms with Gasteiger partial charge in [-0.2, -0.15) is 0 Å². The lowest BCUT2D eigenvalue weighted by atomic mass is 9.43. The molecule has 0 saturated heterocycles. The average molecular weight is 449 g/mol. The Labute approximate surface area is 193 Å². The van der Waals surface area contributed by atoms with E-state index in [1.165, 1.54) is 19.3 Å². The summed E-state index contributed by atoms with van der Waals surface area (Å²) in [5.74, 6) is 2.22. The third kappa shape index (κ3) is 3.91. The molecule has 182 valence electrons. The van der Waals surface area contributed by atoms with E-state index in [-0.39, 0.29) is 35.4 Å². The van der Waals surface area contributed by atoms with Crippen LogP contribution in [0.15, 0.2) is 0 Å². The van der Waals surface area contributed by atoms with Crippen LogP contribution in [0.5, 0.6) is 0 Å². The molecule has 10 atom stereocenters. The normalized spacial score (nSPS) is 46.5. The highest BCUT2D eigenvalue weighted by molar-refractivity contribution is 5.69. The number of hydrogen-bond acceptors (Lipinski definition) is 4. The van der Waals surface area contributed by atoms with Gasteiger partial charge in [-0.3, -0.25) is 9.59 Å². The maximum atomic E-state index is 12.5. The van der Waals surface area contributed by atoms with Gasteiger partial charge in [0.25, 0.3) is 0 Å². The maximum absolute atomic E-state index is 12.5. The van der Waals surface area contributed by atoms with Crippen LogP contribution in [0.3, 0.4) is 0 Å². The van der Waals surface area contributed by atoms with Gasteiger partial charge in [0.1, 0.15) is 6.10 Å². The SMILES string of the molecule is CCC(=O)O[C@H]1C[C@H]2[C@@H](CC[C@@H]3C[C@H](O)CC[C@@]32C)[C@@H]2CC[C@H]([C@H](C)CCC(=O)O)[C@@]12C. The first-order valence-corrected chi connectivity index (χ1v) is 13.2. The molecule has 32 heavy (non-hydrogen) atoms. The molecule has 0 unspecified atom stereocenters. The molecule has 4 aliphatic carbocycles. The van der Waals surface area contributed by atoms with Crippen molar-refractivity contribution >= 4 is 11.9 Å². The number of carbonyl (C=O) groups is 2. The summed E-state index contributed by atoms with van der Waals surface area (Å²) in [6.07, 6.45) is 9.63. The number of carbonyl (C=O) groups excluding carboxylic acids is 1. The van der Waals surface area contributed by atoms with Gasteiger partial charge in [-0.15, -0.1) is 0 Å². The fourth-order valence-electron chi connectivity index (χ4n) is 9.10. The zero-order valence-electron chi connectivity index (χ0n) is 20.5. The number of aliphatic hydroxyl groups excluding tert-OH is 1. The van der Waals surface area contributed by atoms with E-state index in [9.17, 15) is 19.8 Å². The zero-order chi connectivity index (χ0) is 23.3. The Morgan fingerprint density at radius 3 is 2.50 bits per heavy atom. The lowest BCUT2D eigenvalue weighted by Gasteiger charge is -2.62. The molecular weight excluding hydrogens is 404 g/mol. The Hall–Kier alpha value is -1.10. The van der Waals surface area contributed by atoms with Crippen molar-refractivity contribution in [2.24, 2.45) is 46.3 Å². The third-order valence-electron chi connectivity index (χ3n) is 10.8. The maximum Gasteiger partial charge on any atom is 0.305 e. The highest BCUT2D eigenvalue weighted by Gasteiger charge is 2.65. The number of esters is 1. The first-order chi connectivity index (χ1) is 15.1.